The number of carbonyl (C=O) groups is 3. The van der Waals surface area contributed by atoms with Crippen LogP contribution in [0.1, 0.15) is 59.8 Å². The minimum Gasteiger partial charge on any atom is -0.462 e. The number of anilines is 1. The van der Waals surface area contributed by atoms with Gasteiger partial charge >= 0.3 is 5.97 Å². The van der Waals surface area contributed by atoms with Gasteiger partial charge in [0.05, 0.1) is 12.2 Å². The van der Waals surface area contributed by atoms with Gasteiger partial charge in [0.15, 0.2) is 5.82 Å². The van der Waals surface area contributed by atoms with Gasteiger partial charge in [0.2, 0.25) is 11.8 Å². The normalized spacial score (nSPS) is 14.6. The number of aromatic nitrogens is 2. The fraction of sp³-hybridized carbons (Fsp3) is 0.500. The van der Waals surface area contributed by atoms with Crippen molar-refractivity contribution in [2.24, 2.45) is 5.92 Å². The van der Waals surface area contributed by atoms with Crippen LogP contribution in [-0.4, -0.2) is 52.1 Å². The summed E-state index contributed by atoms with van der Waals surface area (Å²) in [6, 6.07) is 1.67. The number of piperidine rings is 1. The van der Waals surface area contributed by atoms with Crippen LogP contribution in [0.4, 0.5) is 5.82 Å². The summed E-state index contributed by atoms with van der Waals surface area (Å²) in [4.78, 5) is 39.5. The standard InChI is InChI=1S/C24H32N4O5/c1-6-28-16(4)19(22(17(28)5)24(31)32-7-2)8-9-21(29)27-12-10-18(11-13-27)23(30)25-20-14-15(3)33-26-20/h8-9,14,18H,6-7,10-13H2,1-5H3,(H,25,26,30)/b9-8+. The van der Waals surface area contributed by atoms with E-state index in [2.05, 4.69) is 10.5 Å². The summed E-state index contributed by atoms with van der Waals surface area (Å²) in [6.07, 6.45) is 4.35. The fourth-order valence-corrected chi connectivity index (χ4v) is 4.32. The Morgan fingerprint density at radius 2 is 1.88 bits per heavy atom. The van der Waals surface area contributed by atoms with E-state index in [1.807, 2.05) is 25.3 Å². The van der Waals surface area contributed by atoms with E-state index in [1.54, 1.807) is 30.9 Å². The molecule has 1 saturated heterocycles. The van der Waals surface area contributed by atoms with E-state index in [9.17, 15) is 14.4 Å². The molecule has 0 aliphatic carbocycles. The highest BCUT2D eigenvalue weighted by atomic mass is 16.5. The second-order valence-electron chi connectivity index (χ2n) is 8.17. The number of ether oxygens (including phenoxy) is 1. The average Bonchev–Trinajstić information content (AvgIpc) is 3.31. The number of rotatable bonds is 7. The number of likely N-dealkylation sites (tertiary alicyclic amines) is 1. The third-order valence-corrected chi connectivity index (χ3v) is 6.08. The minimum absolute atomic E-state index is 0.114. The number of hydrogen-bond donors (Lipinski definition) is 1. The Bertz CT molecular complexity index is 1060. The van der Waals surface area contributed by atoms with E-state index in [-0.39, 0.29) is 30.3 Å². The van der Waals surface area contributed by atoms with Crippen molar-refractivity contribution in [2.75, 3.05) is 25.0 Å². The molecule has 2 aromatic heterocycles. The molecule has 1 N–H and O–H groups in total. The van der Waals surface area contributed by atoms with Gasteiger partial charge < -0.3 is 24.0 Å². The van der Waals surface area contributed by atoms with Crippen molar-refractivity contribution in [3.8, 4) is 0 Å². The third kappa shape index (κ3) is 5.35. The molecule has 1 aliphatic rings. The first kappa shape index (κ1) is 24.3. The lowest BCUT2D eigenvalue weighted by Crippen LogP contribution is -2.40. The van der Waals surface area contributed by atoms with Crippen LogP contribution in [0.2, 0.25) is 0 Å². The lowest BCUT2D eigenvalue weighted by Gasteiger charge is -2.30. The predicted molar refractivity (Wildman–Crippen MR) is 124 cm³/mol. The highest BCUT2D eigenvalue weighted by molar-refractivity contribution is 5.99. The van der Waals surface area contributed by atoms with Gasteiger partial charge in [0, 0.05) is 54.6 Å². The average molecular weight is 457 g/mol. The largest absolute Gasteiger partial charge is 0.462 e. The molecular weight excluding hydrogens is 424 g/mol. The summed E-state index contributed by atoms with van der Waals surface area (Å²) in [5.41, 5.74) is 2.95. The molecular formula is C24H32N4O5. The second-order valence-corrected chi connectivity index (χ2v) is 8.17. The van der Waals surface area contributed by atoms with Crippen LogP contribution in [0, 0.1) is 26.7 Å². The van der Waals surface area contributed by atoms with Gasteiger partial charge in [-0.05, 0) is 53.5 Å². The lowest BCUT2D eigenvalue weighted by atomic mass is 9.96. The zero-order chi connectivity index (χ0) is 24.1. The molecule has 0 aromatic carbocycles. The molecule has 0 atom stereocenters. The first-order valence-electron chi connectivity index (χ1n) is 11.3. The molecule has 0 unspecified atom stereocenters. The summed E-state index contributed by atoms with van der Waals surface area (Å²) in [5, 5.41) is 6.55. The van der Waals surface area contributed by atoms with Crippen LogP contribution >= 0.6 is 0 Å². The molecule has 178 valence electrons. The lowest BCUT2D eigenvalue weighted by molar-refractivity contribution is -0.130. The van der Waals surface area contributed by atoms with Gasteiger partial charge in [0.25, 0.3) is 0 Å². The molecule has 0 bridgehead atoms. The molecule has 3 heterocycles. The number of amides is 2. The topological polar surface area (TPSA) is 107 Å². The third-order valence-electron chi connectivity index (χ3n) is 6.08. The Labute approximate surface area is 193 Å². The molecule has 1 fully saturated rings. The summed E-state index contributed by atoms with van der Waals surface area (Å²) in [7, 11) is 0. The van der Waals surface area contributed by atoms with Crippen molar-refractivity contribution >= 4 is 29.7 Å². The van der Waals surface area contributed by atoms with Crippen molar-refractivity contribution in [3.63, 3.8) is 0 Å². The number of esters is 1. The van der Waals surface area contributed by atoms with E-state index in [0.717, 1.165) is 17.9 Å². The summed E-state index contributed by atoms with van der Waals surface area (Å²) in [5.74, 6) is 0.207. The Kier molecular flexibility index (Phi) is 7.73. The molecule has 2 aromatic rings. The summed E-state index contributed by atoms with van der Waals surface area (Å²) >= 11 is 0. The van der Waals surface area contributed by atoms with Crippen LogP contribution in [0.5, 0.6) is 0 Å². The quantitative estimate of drug-likeness (QED) is 0.505. The molecule has 33 heavy (non-hydrogen) atoms. The Morgan fingerprint density at radius 3 is 2.45 bits per heavy atom. The maximum absolute atomic E-state index is 12.8. The number of nitrogens with zero attached hydrogens (tertiary/aromatic N) is 3. The van der Waals surface area contributed by atoms with Crippen molar-refractivity contribution < 1.29 is 23.6 Å². The molecule has 2 amide bonds. The van der Waals surface area contributed by atoms with Crippen molar-refractivity contribution in [1.82, 2.24) is 14.6 Å². The molecule has 0 spiro atoms. The molecule has 9 nitrogen and oxygen atoms in total. The number of hydrogen-bond acceptors (Lipinski definition) is 6. The van der Waals surface area contributed by atoms with E-state index < -0.39 is 0 Å². The Hall–Kier alpha value is -3.36. The van der Waals surface area contributed by atoms with Crippen LogP contribution < -0.4 is 5.32 Å². The maximum atomic E-state index is 12.8. The van der Waals surface area contributed by atoms with E-state index >= 15 is 0 Å². The van der Waals surface area contributed by atoms with Crippen molar-refractivity contribution in [3.05, 3.63) is 40.4 Å². The monoisotopic (exact) mass is 456 g/mol. The predicted octanol–water partition coefficient (Wildman–Crippen LogP) is 3.49. The molecule has 1 aliphatic heterocycles. The number of carbonyl (C=O) groups excluding carboxylic acids is 3. The smallest absolute Gasteiger partial charge is 0.340 e. The highest BCUT2D eigenvalue weighted by Crippen LogP contribution is 2.25. The van der Waals surface area contributed by atoms with Gasteiger partial charge in [-0.3, -0.25) is 9.59 Å². The first-order chi connectivity index (χ1) is 15.8. The van der Waals surface area contributed by atoms with Crippen LogP contribution in [0.3, 0.4) is 0 Å². The summed E-state index contributed by atoms with van der Waals surface area (Å²) in [6.45, 7) is 11.3. The van der Waals surface area contributed by atoms with E-state index in [0.29, 0.717) is 48.6 Å². The fourth-order valence-electron chi connectivity index (χ4n) is 4.32. The highest BCUT2D eigenvalue weighted by Gasteiger charge is 2.27. The number of nitrogens with one attached hydrogen (secondary N) is 1. The minimum atomic E-state index is -0.383. The number of aryl methyl sites for hydroxylation is 1. The van der Waals surface area contributed by atoms with Crippen LogP contribution in [0.15, 0.2) is 16.7 Å². The second kappa shape index (κ2) is 10.5. The van der Waals surface area contributed by atoms with Gasteiger partial charge in [-0.2, -0.15) is 0 Å². The molecule has 0 saturated carbocycles. The Balaban J connectivity index is 1.65. The van der Waals surface area contributed by atoms with Gasteiger partial charge in [0.1, 0.15) is 5.76 Å². The molecule has 3 rings (SSSR count). The van der Waals surface area contributed by atoms with Crippen molar-refractivity contribution in [1.29, 1.82) is 0 Å². The molecule has 9 heteroatoms. The van der Waals surface area contributed by atoms with Crippen LogP contribution in [0.25, 0.3) is 6.08 Å². The van der Waals surface area contributed by atoms with E-state index in [4.69, 9.17) is 9.26 Å². The first-order valence-corrected chi connectivity index (χ1v) is 11.3. The van der Waals surface area contributed by atoms with Gasteiger partial charge in [-0.25, -0.2) is 4.79 Å². The van der Waals surface area contributed by atoms with Gasteiger partial charge in [-0.15, -0.1) is 0 Å². The van der Waals surface area contributed by atoms with Crippen LogP contribution in [-0.2, 0) is 20.9 Å². The zero-order valence-electron chi connectivity index (χ0n) is 19.9. The summed E-state index contributed by atoms with van der Waals surface area (Å²) < 4.78 is 12.2. The van der Waals surface area contributed by atoms with Crippen molar-refractivity contribution in [2.45, 2.75) is 54.0 Å². The van der Waals surface area contributed by atoms with Gasteiger partial charge in [-0.1, -0.05) is 5.16 Å². The maximum Gasteiger partial charge on any atom is 0.340 e. The zero-order valence-corrected chi connectivity index (χ0v) is 19.9. The van der Waals surface area contributed by atoms with E-state index in [1.165, 1.54) is 6.08 Å². The SMILES string of the molecule is CCOC(=O)c1c(/C=C/C(=O)N2CCC(C(=O)Nc3cc(C)on3)CC2)c(C)n(CC)c1C. The Morgan fingerprint density at radius 1 is 1.18 bits per heavy atom. The molecule has 0 radical (unpaired) electrons.